The highest BCUT2D eigenvalue weighted by molar-refractivity contribution is 7.48. The number of hydrogen-bond donors (Lipinski definition) is 2. The average molecular weight is 699 g/mol. The molecule has 43 heavy (non-hydrogen) atoms. The molecular formula is C27H47Cl3NO11P. The third-order valence-corrected chi connectivity index (χ3v) is 8.07. The summed E-state index contributed by atoms with van der Waals surface area (Å²) in [5, 5.41) is 13.4. The van der Waals surface area contributed by atoms with E-state index in [2.05, 4.69) is 25.4 Å². The normalized spacial score (nSPS) is 23.5. The van der Waals surface area contributed by atoms with Gasteiger partial charge in [0.15, 0.2) is 6.29 Å². The van der Waals surface area contributed by atoms with Crippen molar-refractivity contribution in [3.05, 3.63) is 25.3 Å². The lowest BCUT2D eigenvalue weighted by molar-refractivity contribution is -0.260. The molecule has 1 amide bonds. The third-order valence-electron chi connectivity index (χ3n) is 6.31. The molecular weight excluding hydrogens is 652 g/mol. The third kappa shape index (κ3) is 16.6. The summed E-state index contributed by atoms with van der Waals surface area (Å²) < 4.78 is 56.1. The number of rotatable bonds is 23. The van der Waals surface area contributed by atoms with Crippen LogP contribution in [0.15, 0.2) is 25.3 Å². The van der Waals surface area contributed by atoms with E-state index < -0.39 is 55.0 Å². The first-order valence-corrected chi connectivity index (χ1v) is 16.8. The number of hydrogen-bond acceptors (Lipinski definition) is 11. The Bertz CT molecular complexity index is 835. The molecule has 0 aromatic rings. The number of amides is 1. The maximum Gasteiger partial charge on any atom is 0.475 e. The van der Waals surface area contributed by atoms with Crippen molar-refractivity contribution in [1.29, 1.82) is 0 Å². The smallest absolute Gasteiger partial charge is 0.445 e. The highest BCUT2D eigenvalue weighted by Crippen LogP contribution is 2.52. The molecule has 12 nitrogen and oxygen atoms in total. The van der Waals surface area contributed by atoms with Gasteiger partial charge in [-0.25, -0.2) is 9.36 Å². The maximum absolute atomic E-state index is 13.6. The first-order chi connectivity index (χ1) is 20.4. The number of phosphoric acid groups is 1. The lowest BCUT2D eigenvalue weighted by Crippen LogP contribution is -2.65. The van der Waals surface area contributed by atoms with E-state index in [-0.39, 0.29) is 32.5 Å². The zero-order valence-corrected chi connectivity index (χ0v) is 28.3. The molecule has 6 atom stereocenters. The lowest BCUT2D eigenvalue weighted by Gasteiger charge is -2.44. The molecule has 252 valence electrons. The molecule has 0 aromatic carbocycles. The molecule has 2 N–H and O–H groups in total. The number of aliphatic hydroxyl groups is 1. The van der Waals surface area contributed by atoms with Gasteiger partial charge in [-0.15, -0.1) is 13.2 Å². The fraction of sp³-hybridized carbons (Fsp3) is 0.815. The summed E-state index contributed by atoms with van der Waals surface area (Å²) in [7, 11) is -1.24. The van der Waals surface area contributed by atoms with Crippen LogP contribution in [0.5, 0.6) is 0 Å². The average Bonchev–Trinajstić information content (AvgIpc) is 2.96. The Morgan fingerprint density at radius 1 is 1.07 bits per heavy atom. The van der Waals surface area contributed by atoms with Gasteiger partial charge >= 0.3 is 13.9 Å². The van der Waals surface area contributed by atoms with Crippen molar-refractivity contribution in [2.75, 3.05) is 47.3 Å². The zero-order chi connectivity index (χ0) is 32.3. The van der Waals surface area contributed by atoms with Gasteiger partial charge in [0.25, 0.3) is 0 Å². The SMILES string of the molecule is C=CCOP(=O)(OCC=C)OC1C(COC)OC(O)C(NC(=O)OCC(Cl)(Cl)Cl)C1OCCC(CCCCCCC)OC. The van der Waals surface area contributed by atoms with Crippen molar-refractivity contribution in [2.45, 2.75) is 92.4 Å². The van der Waals surface area contributed by atoms with E-state index in [0.717, 1.165) is 32.1 Å². The topological polar surface area (TPSA) is 140 Å². The fourth-order valence-electron chi connectivity index (χ4n) is 4.25. The van der Waals surface area contributed by atoms with Crippen molar-refractivity contribution >= 4 is 48.7 Å². The number of carbonyl (C=O) groups excluding carboxylic acids is 1. The monoisotopic (exact) mass is 697 g/mol. The number of alkyl carbamates (subject to hydrolysis) is 1. The number of ether oxygens (including phenoxy) is 5. The number of methoxy groups -OCH3 is 2. The Morgan fingerprint density at radius 2 is 1.72 bits per heavy atom. The Morgan fingerprint density at radius 3 is 2.28 bits per heavy atom. The van der Waals surface area contributed by atoms with E-state index in [1.165, 1.54) is 25.7 Å². The van der Waals surface area contributed by atoms with Crippen molar-refractivity contribution < 1.29 is 51.7 Å². The Labute approximate surface area is 270 Å². The number of phosphoric ester groups is 1. The summed E-state index contributed by atoms with van der Waals surface area (Å²) in [6.45, 7) is 8.40. The zero-order valence-electron chi connectivity index (χ0n) is 25.1. The van der Waals surface area contributed by atoms with Crippen LogP contribution in [0, 0.1) is 0 Å². The Hall–Kier alpha value is -0.470. The number of carbonyl (C=O) groups is 1. The van der Waals surface area contributed by atoms with E-state index >= 15 is 0 Å². The summed E-state index contributed by atoms with van der Waals surface area (Å²) in [6.07, 6.45) is 3.47. The summed E-state index contributed by atoms with van der Waals surface area (Å²) in [5.74, 6) is 0. The largest absolute Gasteiger partial charge is 0.475 e. The molecule has 1 heterocycles. The van der Waals surface area contributed by atoms with Crippen molar-refractivity contribution in [1.82, 2.24) is 5.32 Å². The van der Waals surface area contributed by atoms with Crippen LogP contribution in [-0.4, -0.2) is 99.0 Å². The first kappa shape index (κ1) is 40.6. The number of nitrogens with one attached hydrogen (secondary N) is 1. The van der Waals surface area contributed by atoms with Gasteiger partial charge in [-0.3, -0.25) is 13.6 Å². The van der Waals surface area contributed by atoms with Gasteiger partial charge in [0.2, 0.25) is 3.79 Å². The van der Waals surface area contributed by atoms with Crippen LogP contribution >= 0.6 is 42.6 Å². The minimum Gasteiger partial charge on any atom is -0.445 e. The highest BCUT2D eigenvalue weighted by Gasteiger charge is 2.51. The van der Waals surface area contributed by atoms with Crippen LogP contribution in [-0.2, 0) is 41.8 Å². The van der Waals surface area contributed by atoms with Gasteiger partial charge in [0, 0.05) is 20.8 Å². The summed E-state index contributed by atoms with van der Waals surface area (Å²) in [5.41, 5.74) is 0. The second-order valence-electron chi connectivity index (χ2n) is 9.75. The number of unbranched alkanes of at least 4 members (excludes halogenated alkanes) is 4. The van der Waals surface area contributed by atoms with Crippen LogP contribution in [0.2, 0.25) is 0 Å². The molecule has 0 bridgehead atoms. The predicted octanol–water partition coefficient (Wildman–Crippen LogP) is 5.86. The van der Waals surface area contributed by atoms with E-state index in [1.807, 2.05) is 0 Å². The van der Waals surface area contributed by atoms with Crippen LogP contribution in [0.25, 0.3) is 0 Å². The molecule has 1 saturated heterocycles. The Balaban J connectivity index is 3.24. The number of alkyl halides is 3. The first-order valence-electron chi connectivity index (χ1n) is 14.2. The number of aliphatic hydroxyl groups excluding tert-OH is 1. The minimum absolute atomic E-state index is 0.0980. The van der Waals surface area contributed by atoms with E-state index in [9.17, 15) is 14.5 Å². The van der Waals surface area contributed by atoms with E-state index in [4.69, 9.17) is 72.1 Å². The summed E-state index contributed by atoms with van der Waals surface area (Å²) in [6, 6.07) is -1.29. The lowest BCUT2D eigenvalue weighted by atomic mass is 9.96. The summed E-state index contributed by atoms with van der Waals surface area (Å²) in [4.78, 5) is 12.6. The van der Waals surface area contributed by atoms with Crippen molar-refractivity contribution in [3.8, 4) is 0 Å². The molecule has 1 rings (SSSR count). The van der Waals surface area contributed by atoms with Gasteiger partial charge in [0.1, 0.15) is 31.0 Å². The van der Waals surface area contributed by atoms with Gasteiger partial charge in [0.05, 0.1) is 25.9 Å². The standard InChI is InChI=1S/C27H47Cl3NO11P/c1-6-9-10-11-12-13-20(36-5)14-17-37-24-22(31-26(33)38-19-27(28,29)30)25(32)41-21(18-35-4)23(24)42-43(34,39-15-7-2)40-16-8-3/h7-8,20-25,32H,2-3,6,9-19H2,1,4-5H3,(H,31,33). The quantitative estimate of drug-likeness (QED) is 0.0574. The van der Waals surface area contributed by atoms with E-state index in [0.29, 0.717) is 6.42 Å². The van der Waals surface area contributed by atoms with Crippen LogP contribution in [0.4, 0.5) is 4.79 Å². The molecule has 16 heteroatoms. The highest BCUT2D eigenvalue weighted by atomic mass is 35.6. The molecule has 6 unspecified atom stereocenters. The Kier molecular flexibility index (Phi) is 20.9. The molecule has 0 aromatic heterocycles. The van der Waals surface area contributed by atoms with Gasteiger partial charge in [-0.1, -0.05) is 86.0 Å². The molecule has 0 saturated carbocycles. The maximum atomic E-state index is 13.6. The second-order valence-corrected chi connectivity index (χ2v) is 13.9. The molecule has 1 aliphatic rings. The van der Waals surface area contributed by atoms with Gasteiger partial charge in [-0.05, 0) is 12.8 Å². The van der Waals surface area contributed by atoms with Crippen LogP contribution < -0.4 is 5.32 Å². The molecule has 0 spiro atoms. The molecule has 0 aliphatic carbocycles. The van der Waals surface area contributed by atoms with Gasteiger partial charge in [-0.2, -0.15) is 0 Å². The second kappa shape index (κ2) is 22.1. The molecule has 0 radical (unpaired) electrons. The van der Waals surface area contributed by atoms with Crippen molar-refractivity contribution in [2.24, 2.45) is 0 Å². The number of halogens is 3. The van der Waals surface area contributed by atoms with Crippen LogP contribution in [0.3, 0.4) is 0 Å². The van der Waals surface area contributed by atoms with Gasteiger partial charge < -0.3 is 34.1 Å². The minimum atomic E-state index is -4.28. The molecule has 1 fully saturated rings. The predicted molar refractivity (Wildman–Crippen MR) is 165 cm³/mol. The summed E-state index contributed by atoms with van der Waals surface area (Å²) >= 11 is 17.1. The van der Waals surface area contributed by atoms with Crippen LogP contribution in [0.1, 0.15) is 51.9 Å². The molecule has 1 aliphatic heterocycles. The fourth-order valence-corrected chi connectivity index (χ4v) is 5.74. The van der Waals surface area contributed by atoms with E-state index in [1.54, 1.807) is 7.11 Å². The van der Waals surface area contributed by atoms with Crippen molar-refractivity contribution in [3.63, 3.8) is 0 Å².